The van der Waals surface area contributed by atoms with Crippen LogP contribution in [0.1, 0.15) is 82.2 Å². The molecule has 0 aromatic heterocycles. The van der Waals surface area contributed by atoms with Gasteiger partial charge in [-0.05, 0) is 157 Å². The summed E-state index contributed by atoms with van der Waals surface area (Å²) in [5, 5.41) is 0. The van der Waals surface area contributed by atoms with Crippen molar-refractivity contribution in [1.82, 2.24) is 0 Å². The number of rotatable bonds is 7. The number of fused-ring (bicyclic) bond motifs is 5. The van der Waals surface area contributed by atoms with Gasteiger partial charge in [0.15, 0.2) is 0 Å². The van der Waals surface area contributed by atoms with Gasteiger partial charge in [0.2, 0.25) is 0 Å². The minimum atomic E-state index is -0.0373. The van der Waals surface area contributed by atoms with Gasteiger partial charge < -0.3 is 4.90 Å². The van der Waals surface area contributed by atoms with Gasteiger partial charge in [0.25, 0.3) is 0 Å². The average molecular weight is 812 g/mol. The molecule has 2 atom stereocenters. The first-order chi connectivity index (χ1) is 30.5. The van der Waals surface area contributed by atoms with E-state index in [0.29, 0.717) is 5.92 Å². The Morgan fingerprint density at radius 3 is 1.76 bits per heavy atom. The lowest BCUT2D eigenvalue weighted by molar-refractivity contribution is 0.643. The summed E-state index contributed by atoms with van der Waals surface area (Å²) in [5.74, 6) is 0.867. The maximum absolute atomic E-state index is 3.25. The molecule has 4 aliphatic rings. The van der Waals surface area contributed by atoms with Crippen LogP contribution in [-0.2, 0) is 10.8 Å². The fourth-order valence-corrected chi connectivity index (χ4v) is 11.0. The lowest BCUT2D eigenvalue weighted by Crippen LogP contribution is -2.23. The maximum atomic E-state index is 3.25. The number of benzene rings is 6. The summed E-state index contributed by atoms with van der Waals surface area (Å²) in [5.41, 5.74) is 24.8. The van der Waals surface area contributed by atoms with Crippen LogP contribution in [0.15, 0.2) is 187 Å². The number of hydrogen-bond acceptors (Lipinski definition) is 1. The zero-order chi connectivity index (χ0) is 43.0. The van der Waals surface area contributed by atoms with Crippen molar-refractivity contribution in [2.24, 2.45) is 11.8 Å². The Labute approximate surface area is 374 Å². The van der Waals surface area contributed by atoms with Crippen LogP contribution in [-0.4, -0.2) is 0 Å². The number of hydrogen-bond donors (Lipinski definition) is 0. The topological polar surface area (TPSA) is 3.24 Å². The van der Waals surface area contributed by atoms with Gasteiger partial charge in [-0.3, -0.25) is 0 Å². The van der Waals surface area contributed by atoms with Crippen molar-refractivity contribution in [2.75, 3.05) is 4.90 Å². The molecule has 0 spiro atoms. The second-order valence-electron chi connectivity index (χ2n) is 19.4. The van der Waals surface area contributed by atoms with E-state index in [4.69, 9.17) is 0 Å². The molecule has 63 heavy (non-hydrogen) atoms. The summed E-state index contributed by atoms with van der Waals surface area (Å²) in [6.45, 7) is 14.2. The van der Waals surface area contributed by atoms with E-state index in [-0.39, 0.29) is 16.7 Å². The number of allylic oxidation sites excluding steroid dienone is 8. The van der Waals surface area contributed by atoms with Gasteiger partial charge in [-0.2, -0.15) is 0 Å². The molecule has 1 nitrogen and oxygen atoms in total. The smallest absolute Gasteiger partial charge is 0.0458 e. The quantitative estimate of drug-likeness (QED) is 0.155. The molecule has 0 fully saturated rings. The fourth-order valence-electron chi connectivity index (χ4n) is 11.0. The SMILES string of the molecule is CC1C=CC2=C(C1)c1ccc(-c3ccc(N(C4=CC=C(c5ccc(-c6c#cccc6)cc5)CC4C)c4ccc(-c5ccc6c(c5)C(C)(C)c5ccccc5-6)cc4)cc3)cc1C2(C)C. The maximum Gasteiger partial charge on any atom is 0.0458 e. The van der Waals surface area contributed by atoms with Gasteiger partial charge in [0.1, 0.15) is 0 Å². The molecule has 0 saturated carbocycles. The molecular weight excluding hydrogens is 759 g/mol. The van der Waals surface area contributed by atoms with Crippen LogP contribution in [0.2, 0.25) is 0 Å². The minimum Gasteiger partial charge on any atom is -0.314 e. The Morgan fingerprint density at radius 1 is 0.524 bits per heavy atom. The largest absolute Gasteiger partial charge is 0.314 e. The molecule has 0 amide bonds. The molecule has 7 aromatic carbocycles. The highest BCUT2D eigenvalue weighted by Gasteiger charge is 2.38. The normalized spacial score (nSPS) is 18.7. The molecule has 0 saturated heterocycles. The Kier molecular flexibility index (Phi) is 9.22. The number of anilines is 2. The zero-order valence-electron chi connectivity index (χ0n) is 37.3. The van der Waals surface area contributed by atoms with Crippen molar-refractivity contribution in [1.29, 1.82) is 0 Å². The second kappa shape index (κ2) is 14.9. The van der Waals surface area contributed by atoms with Crippen molar-refractivity contribution < 1.29 is 0 Å². The van der Waals surface area contributed by atoms with Crippen LogP contribution in [0.5, 0.6) is 0 Å². The Bertz CT molecular complexity index is 3040. The molecule has 306 valence electrons. The van der Waals surface area contributed by atoms with E-state index in [2.05, 4.69) is 222 Å². The fraction of sp³-hybridized carbons (Fsp3) is 0.194. The van der Waals surface area contributed by atoms with E-state index in [0.717, 1.165) is 35.3 Å². The molecule has 0 aliphatic heterocycles. The van der Waals surface area contributed by atoms with Crippen molar-refractivity contribution in [3.63, 3.8) is 0 Å². The predicted molar refractivity (Wildman–Crippen MR) is 266 cm³/mol. The zero-order valence-corrected chi connectivity index (χ0v) is 37.3. The lowest BCUT2D eigenvalue weighted by Gasteiger charge is -2.34. The molecule has 0 bridgehead atoms. The van der Waals surface area contributed by atoms with Crippen LogP contribution in [0.3, 0.4) is 0 Å². The highest BCUT2D eigenvalue weighted by atomic mass is 15.2. The van der Waals surface area contributed by atoms with Gasteiger partial charge >= 0.3 is 0 Å². The Balaban J connectivity index is 0.940. The van der Waals surface area contributed by atoms with Gasteiger partial charge in [0, 0.05) is 39.4 Å². The summed E-state index contributed by atoms with van der Waals surface area (Å²) in [7, 11) is 0. The third-order valence-electron chi connectivity index (χ3n) is 14.6. The molecule has 2 unspecified atom stereocenters. The highest BCUT2D eigenvalue weighted by molar-refractivity contribution is 5.87. The van der Waals surface area contributed by atoms with Gasteiger partial charge in [-0.1, -0.05) is 175 Å². The summed E-state index contributed by atoms with van der Waals surface area (Å²) in [6, 6.07) is 62.9. The molecule has 0 radical (unpaired) electrons. The summed E-state index contributed by atoms with van der Waals surface area (Å²) in [4.78, 5) is 2.48. The Morgan fingerprint density at radius 2 is 1.11 bits per heavy atom. The molecule has 0 N–H and O–H groups in total. The van der Waals surface area contributed by atoms with Gasteiger partial charge in [0.05, 0.1) is 0 Å². The average Bonchev–Trinajstić information content (AvgIpc) is 3.68. The Hall–Kier alpha value is -6.88. The van der Waals surface area contributed by atoms with Crippen LogP contribution in [0, 0.1) is 24.0 Å². The van der Waals surface area contributed by atoms with Crippen LogP contribution < -0.4 is 4.90 Å². The highest BCUT2D eigenvalue weighted by Crippen LogP contribution is 2.52. The van der Waals surface area contributed by atoms with Gasteiger partial charge in [-0.15, -0.1) is 0 Å². The first kappa shape index (κ1) is 39.0. The van der Waals surface area contributed by atoms with Crippen molar-refractivity contribution in [3.8, 4) is 44.5 Å². The van der Waals surface area contributed by atoms with Crippen molar-refractivity contribution in [3.05, 3.63) is 227 Å². The summed E-state index contributed by atoms with van der Waals surface area (Å²) in [6.07, 6.45) is 11.5. The first-order valence-electron chi connectivity index (χ1n) is 22.8. The minimum absolute atomic E-state index is 0.00153. The van der Waals surface area contributed by atoms with E-state index >= 15 is 0 Å². The summed E-state index contributed by atoms with van der Waals surface area (Å²) < 4.78 is 0. The third-order valence-corrected chi connectivity index (χ3v) is 14.6. The third kappa shape index (κ3) is 6.55. The first-order valence-corrected chi connectivity index (χ1v) is 22.8. The van der Waals surface area contributed by atoms with Crippen molar-refractivity contribution in [2.45, 2.75) is 65.2 Å². The molecular formula is C62H53N. The van der Waals surface area contributed by atoms with E-state index in [1.807, 2.05) is 12.1 Å². The molecule has 7 aromatic rings. The molecule has 11 rings (SSSR count). The summed E-state index contributed by atoms with van der Waals surface area (Å²) >= 11 is 0. The monoisotopic (exact) mass is 811 g/mol. The number of nitrogens with zero attached hydrogens (tertiary/aromatic N) is 1. The lowest BCUT2D eigenvalue weighted by atomic mass is 9.78. The van der Waals surface area contributed by atoms with E-state index in [1.54, 1.807) is 0 Å². The van der Waals surface area contributed by atoms with Crippen LogP contribution in [0.4, 0.5) is 11.4 Å². The second-order valence-corrected chi connectivity index (χ2v) is 19.4. The van der Waals surface area contributed by atoms with E-state index in [9.17, 15) is 0 Å². The standard InChI is InChI=1S/C62H53N/c1-40-16-34-57-55(36-40)54-33-26-49(39-59(54)62(57,5)6)46-23-30-51(31-24-46)63(60-35-27-47(37-41(60)2)44-19-17-43(18-20-44)42-12-8-7-9-13-42)50-28-21-45(22-29-50)48-25-32-53-52-14-10-11-15-56(52)61(3,4)58(53)38-48/h7-8,10-12,14-35,38-41H,36-37H2,1-6H3. The molecule has 4 aliphatic carbocycles. The van der Waals surface area contributed by atoms with Gasteiger partial charge in [-0.25, -0.2) is 0 Å². The van der Waals surface area contributed by atoms with Crippen molar-refractivity contribution >= 4 is 22.5 Å². The molecule has 1 heteroatoms. The van der Waals surface area contributed by atoms with Crippen LogP contribution in [0.25, 0.3) is 55.7 Å². The van der Waals surface area contributed by atoms with E-state index in [1.165, 1.54) is 83.6 Å². The van der Waals surface area contributed by atoms with Crippen LogP contribution >= 0.6 is 0 Å². The molecule has 0 heterocycles. The van der Waals surface area contributed by atoms with E-state index < -0.39 is 0 Å². The predicted octanol–water partition coefficient (Wildman–Crippen LogP) is 16.4.